The molecule has 0 radical (unpaired) electrons. The van der Waals surface area contributed by atoms with E-state index in [-0.39, 0.29) is 77.9 Å². The molecule has 22 nitrogen and oxygen atoms in total. The largest absolute Gasteiger partial charge is 0.394 e. The number of rotatable bonds is 24. The van der Waals surface area contributed by atoms with Crippen LogP contribution in [-0.2, 0) is 52.4 Å². The third-order valence-corrected chi connectivity index (χ3v) is 8.27. The Balaban J connectivity index is 1.67. The van der Waals surface area contributed by atoms with Gasteiger partial charge in [0.15, 0.2) is 12.6 Å². The first kappa shape index (κ1) is 47.0. The van der Waals surface area contributed by atoms with Gasteiger partial charge in [0.2, 0.25) is 29.5 Å². The zero-order valence-corrected chi connectivity index (χ0v) is 30.7. The first-order valence-corrected chi connectivity index (χ1v) is 17.7. The van der Waals surface area contributed by atoms with Crippen LogP contribution in [0.2, 0.25) is 0 Å². The topological polar surface area (TPSA) is 322 Å². The van der Waals surface area contributed by atoms with Gasteiger partial charge in [0, 0.05) is 39.8 Å². The summed E-state index contributed by atoms with van der Waals surface area (Å²) in [6.07, 6.45) is -10.3. The molecule has 0 aliphatic carbocycles. The average molecular weight is 784 g/mol. The second kappa shape index (κ2) is 25.1. The Morgan fingerprint density at radius 1 is 0.648 bits per heavy atom. The second-order valence-corrected chi connectivity index (χ2v) is 12.5. The Bertz CT molecular complexity index is 1170. The van der Waals surface area contributed by atoms with E-state index in [9.17, 15) is 54.6 Å². The summed E-state index contributed by atoms with van der Waals surface area (Å²) in [5.41, 5.74) is 0. The van der Waals surface area contributed by atoms with Crippen molar-refractivity contribution in [2.75, 3.05) is 65.9 Å². The molecule has 2 aliphatic rings. The summed E-state index contributed by atoms with van der Waals surface area (Å²) in [5, 5.41) is 72.4. The Hall–Kier alpha value is -3.13. The van der Waals surface area contributed by atoms with Crippen LogP contribution in [0.4, 0.5) is 0 Å². The highest BCUT2D eigenvalue weighted by Crippen LogP contribution is 2.23. The Kier molecular flexibility index (Phi) is 21.9. The Morgan fingerprint density at radius 3 is 1.54 bits per heavy atom. The van der Waals surface area contributed by atoms with Crippen LogP contribution in [0.3, 0.4) is 0 Å². The van der Waals surface area contributed by atoms with E-state index in [1.165, 1.54) is 13.8 Å². The van der Waals surface area contributed by atoms with Crippen LogP contribution in [0.15, 0.2) is 0 Å². The number of carbonyl (C=O) groups excluding carboxylic acids is 5. The third-order valence-electron chi connectivity index (χ3n) is 8.27. The molecule has 312 valence electrons. The quantitative estimate of drug-likeness (QED) is 0.0406. The van der Waals surface area contributed by atoms with Gasteiger partial charge >= 0.3 is 0 Å². The number of hydrogen-bond acceptors (Lipinski definition) is 17. The zero-order valence-electron chi connectivity index (χ0n) is 30.7. The van der Waals surface area contributed by atoms with Gasteiger partial charge in [-0.05, 0) is 6.42 Å². The molecular weight excluding hydrogens is 726 g/mol. The van der Waals surface area contributed by atoms with E-state index in [0.717, 1.165) is 0 Å². The molecule has 2 fully saturated rings. The van der Waals surface area contributed by atoms with Gasteiger partial charge in [-0.3, -0.25) is 24.0 Å². The minimum atomic E-state index is -1.45. The predicted octanol–water partition coefficient (Wildman–Crippen LogP) is -6.15. The average Bonchev–Trinajstić information content (AvgIpc) is 3.13. The predicted molar refractivity (Wildman–Crippen MR) is 182 cm³/mol. The van der Waals surface area contributed by atoms with Crippen molar-refractivity contribution in [3.63, 3.8) is 0 Å². The number of nitrogens with one attached hydrogen (secondary N) is 5. The number of aliphatic hydroxyl groups excluding tert-OH is 6. The summed E-state index contributed by atoms with van der Waals surface area (Å²) in [6.45, 7) is 3.17. The molecule has 0 aromatic carbocycles. The van der Waals surface area contributed by atoms with E-state index in [4.69, 9.17) is 28.4 Å². The second-order valence-electron chi connectivity index (χ2n) is 12.5. The monoisotopic (exact) mass is 783 g/mol. The molecule has 2 heterocycles. The van der Waals surface area contributed by atoms with Crippen LogP contribution < -0.4 is 26.6 Å². The van der Waals surface area contributed by atoms with Gasteiger partial charge in [-0.15, -0.1) is 0 Å². The van der Waals surface area contributed by atoms with E-state index in [1.807, 2.05) is 0 Å². The van der Waals surface area contributed by atoms with E-state index in [0.29, 0.717) is 0 Å². The molecule has 0 saturated carbocycles. The fourth-order valence-corrected chi connectivity index (χ4v) is 5.44. The fraction of sp³-hybridized carbons (Fsp3) is 0.844. The maximum Gasteiger partial charge on any atom is 0.242 e. The van der Waals surface area contributed by atoms with Crippen molar-refractivity contribution < 1.29 is 83.0 Å². The van der Waals surface area contributed by atoms with Gasteiger partial charge < -0.3 is 85.6 Å². The lowest BCUT2D eigenvalue weighted by Gasteiger charge is -2.42. The van der Waals surface area contributed by atoms with Crippen molar-refractivity contribution >= 4 is 29.5 Å². The van der Waals surface area contributed by atoms with Crippen LogP contribution in [0, 0.1) is 0 Å². The molecule has 0 bridgehead atoms. The van der Waals surface area contributed by atoms with Crippen molar-refractivity contribution in [1.82, 2.24) is 26.6 Å². The van der Waals surface area contributed by atoms with Gasteiger partial charge in [0.05, 0.1) is 52.9 Å². The first-order chi connectivity index (χ1) is 25.7. The zero-order chi connectivity index (χ0) is 40.2. The van der Waals surface area contributed by atoms with Crippen LogP contribution in [0.25, 0.3) is 0 Å². The van der Waals surface area contributed by atoms with Gasteiger partial charge in [-0.25, -0.2) is 0 Å². The van der Waals surface area contributed by atoms with Gasteiger partial charge in [-0.1, -0.05) is 6.92 Å². The van der Waals surface area contributed by atoms with Gasteiger partial charge in [-0.2, -0.15) is 0 Å². The van der Waals surface area contributed by atoms with Crippen molar-refractivity contribution in [3.05, 3.63) is 0 Å². The highest BCUT2D eigenvalue weighted by atomic mass is 16.7. The van der Waals surface area contributed by atoms with Gasteiger partial charge in [0.1, 0.15) is 54.7 Å². The standard InChI is InChI=1S/C32H57N5O17/c1-4-22(42)37-19(30(48)34-8-10-50-12-14-52-32-25(36-18(3)41)29(47)27(45)21(16-39)54-32)5-6-23(43)33-7-9-49-11-13-51-31-24(35-17(2)40)28(46)26(44)20(15-38)53-31/h19-21,24-29,31-32,38-39,44-47H,4-16H2,1-3H3,(H,33,43)(H,34,48)(H,35,40)(H,36,41)(H,37,42). The molecule has 11 N–H and O–H groups in total. The third kappa shape index (κ3) is 15.9. The smallest absolute Gasteiger partial charge is 0.242 e. The van der Waals surface area contributed by atoms with Crippen molar-refractivity contribution in [2.24, 2.45) is 0 Å². The van der Waals surface area contributed by atoms with Crippen LogP contribution in [0.1, 0.15) is 40.0 Å². The van der Waals surface area contributed by atoms with Crippen molar-refractivity contribution in [1.29, 1.82) is 0 Å². The Morgan fingerprint density at radius 2 is 1.11 bits per heavy atom. The molecule has 0 spiro atoms. The van der Waals surface area contributed by atoms with E-state index < -0.39 is 104 Å². The van der Waals surface area contributed by atoms with Gasteiger partial charge in [0.25, 0.3) is 0 Å². The molecule has 22 heteroatoms. The molecule has 54 heavy (non-hydrogen) atoms. The fourth-order valence-electron chi connectivity index (χ4n) is 5.44. The molecule has 2 aliphatic heterocycles. The van der Waals surface area contributed by atoms with Crippen molar-refractivity contribution in [3.8, 4) is 0 Å². The molecular formula is C32H57N5O17. The van der Waals surface area contributed by atoms with E-state index >= 15 is 0 Å². The van der Waals surface area contributed by atoms with Crippen molar-refractivity contribution in [2.45, 2.75) is 107 Å². The number of amides is 5. The highest BCUT2D eigenvalue weighted by Gasteiger charge is 2.46. The molecule has 0 aromatic heterocycles. The summed E-state index contributed by atoms with van der Waals surface area (Å²) in [7, 11) is 0. The molecule has 2 rings (SSSR count). The summed E-state index contributed by atoms with van der Waals surface area (Å²) in [5.74, 6) is -2.29. The lowest BCUT2D eigenvalue weighted by Crippen LogP contribution is -2.64. The van der Waals surface area contributed by atoms with Crippen LogP contribution in [-0.4, -0.2) is 193 Å². The van der Waals surface area contributed by atoms with Crippen LogP contribution >= 0.6 is 0 Å². The first-order valence-electron chi connectivity index (χ1n) is 17.7. The number of ether oxygens (including phenoxy) is 6. The SMILES string of the molecule is CCC(=O)NC(CCC(=O)NCCOCCOC1OC(CO)C(O)C(O)C1NC(C)=O)C(=O)NCCOCCOC1OC(CO)C(O)C(O)C1NC(C)=O. The number of aliphatic hydroxyl groups is 6. The minimum Gasteiger partial charge on any atom is -0.394 e. The maximum atomic E-state index is 12.8. The lowest BCUT2D eigenvalue weighted by molar-refractivity contribution is -0.272. The number of carbonyl (C=O) groups is 5. The summed E-state index contributed by atoms with van der Waals surface area (Å²) < 4.78 is 32.9. The molecule has 2 saturated heterocycles. The summed E-state index contributed by atoms with van der Waals surface area (Å²) >= 11 is 0. The maximum absolute atomic E-state index is 12.8. The highest BCUT2D eigenvalue weighted by molar-refractivity contribution is 5.88. The summed E-state index contributed by atoms with van der Waals surface area (Å²) in [4.78, 5) is 60.3. The van der Waals surface area contributed by atoms with Crippen LogP contribution in [0.5, 0.6) is 0 Å². The Labute approximate surface area is 312 Å². The summed E-state index contributed by atoms with van der Waals surface area (Å²) in [6, 6.07) is -3.18. The lowest BCUT2D eigenvalue weighted by atomic mass is 9.97. The molecule has 5 amide bonds. The molecule has 0 aromatic rings. The van der Waals surface area contributed by atoms with E-state index in [1.54, 1.807) is 6.92 Å². The molecule has 11 atom stereocenters. The molecule has 11 unspecified atom stereocenters. The van der Waals surface area contributed by atoms with E-state index in [2.05, 4.69) is 26.6 Å². The minimum absolute atomic E-state index is 0.00523. The number of hydrogen-bond donors (Lipinski definition) is 11. The normalized spacial score (nSPS) is 28.8.